The Bertz CT molecular complexity index is 1180. The second kappa shape index (κ2) is 10.2. The maximum absolute atomic E-state index is 13.9. The molecule has 1 saturated heterocycles. The number of rotatable bonds is 7. The van der Waals surface area contributed by atoms with E-state index in [0.29, 0.717) is 38.1 Å². The van der Waals surface area contributed by atoms with Crippen molar-refractivity contribution in [2.24, 2.45) is 0 Å². The number of anilines is 1. The number of nitrogens with zero attached hydrogens (tertiary/aromatic N) is 4. The first-order chi connectivity index (χ1) is 17.7. The summed E-state index contributed by atoms with van der Waals surface area (Å²) in [6.45, 7) is 14.7. The Balaban J connectivity index is 1.33. The van der Waals surface area contributed by atoms with E-state index in [1.165, 1.54) is 5.56 Å². The number of hydrogen-bond acceptors (Lipinski definition) is 5. The molecule has 37 heavy (non-hydrogen) atoms. The minimum atomic E-state index is -0.179. The van der Waals surface area contributed by atoms with E-state index in [4.69, 9.17) is 4.98 Å². The van der Waals surface area contributed by atoms with Gasteiger partial charge in [0.15, 0.2) is 0 Å². The van der Waals surface area contributed by atoms with Gasteiger partial charge in [-0.15, -0.1) is 0 Å². The van der Waals surface area contributed by atoms with Gasteiger partial charge in [0.05, 0.1) is 17.9 Å². The van der Waals surface area contributed by atoms with Crippen molar-refractivity contribution in [2.75, 3.05) is 37.6 Å². The number of piperazine rings is 1. The number of aromatic nitrogens is 1. The van der Waals surface area contributed by atoms with Crippen LogP contribution in [0, 0.1) is 0 Å². The number of benzene rings is 1. The van der Waals surface area contributed by atoms with Gasteiger partial charge in [-0.1, -0.05) is 52.3 Å². The largest absolute Gasteiger partial charge is 0.333 e. The topological polar surface area (TPSA) is 68.8 Å². The van der Waals surface area contributed by atoms with Gasteiger partial charge in [-0.25, -0.2) is 0 Å². The third kappa shape index (κ3) is 5.04. The summed E-state index contributed by atoms with van der Waals surface area (Å²) in [5.41, 5.74) is 4.90. The summed E-state index contributed by atoms with van der Waals surface area (Å²) < 4.78 is 0. The Morgan fingerprint density at radius 3 is 2.81 bits per heavy atom. The molecule has 0 spiro atoms. The van der Waals surface area contributed by atoms with Gasteiger partial charge in [-0.2, -0.15) is 0 Å². The van der Waals surface area contributed by atoms with Gasteiger partial charge in [-0.3, -0.25) is 19.5 Å². The van der Waals surface area contributed by atoms with Crippen LogP contribution in [0.2, 0.25) is 0 Å². The van der Waals surface area contributed by atoms with E-state index in [2.05, 4.69) is 50.9 Å². The highest BCUT2D eigenvalue weighted by Gasteiger charge is 2.41. The first-order valence-corrected chi connectivity index (χ1v) is 13.8. The number of fused-ring (bicyclic) bond motifs is 2. The summed E-state index contributed by atoms with van der Waals surface area (Å²) >= 11 is 0. The van der Waals surface area contributed by atoms with Crippen LogP contribution in [0.15, 0.2) is 36.5 Å². The lowest BCUT2D eigenvalue weighted by Crippen LogP contribution is -2.60. The highest BCUT2D eigenvalue weighted by Crippen LogP contribution is 2.40. The van der Waals surface area contributed by atoms with E-state index >= 15 is 0 Å². The van der Waals surface area contributed by atoms with E-state index in [1.807, 2.05) is 40.3 Å². The molecule has 2 aromatic rings. The van der Waals surface area contributed by atoms with Gasteiger partial charge >= 0.3 is 0 Å². The lowest BCUT2D eigenvalue weighted by molar-refractivity contribution is -0.120. The van der Waals surface area contributed by atoms with Crippen LogP contribution in [0.25, 0.3) is 0 Å². The third-order valence-electron chi connectivity index (χ3n) is 8.36. The van der Waals surface area contributed by atoms with E-state index in [-0.39, 0.29) is 23.3 Å². The highest BCUT2D eigenvalue weighted by atomic mass is 16.2. The van der Waals surface area contributed by atoms with Gasteiger partial charge in [-0.05, 0) is 42.5 Å². The molecule has 3 atom stereocenters. The molecule has 5 rings (SSSR count). The van der Waals surface area contributed by atoms with Crippen LogP contribution in [0.5, 0.6) is 0 Å². The van der Waals surface area contributed by atoms with Crippen molar-refractivity contribution in [2.45, 2.75) is 77.4 Å². The quantitative estimate of drug-likeness (QED) is 0.620. The third-order valence-corrected chi connectivity index (χ3v) is 8.36. The van der Waals surface area contributed by atoms with Crippen molar-refractivity contribution in [3.05, 3.63) is 58.9 Å². The predicted octanol–water partition coefficient (Wildman–Crippen LogP) is 3.93. The van der Waals surface area contributed by atoms with Crippen LogP contribution in [-0.2, 0) is 16.8 Å². The van der Waals surface area contributed by atoms with E-state index in [0.717, 1.165) is 48.4 Å². The monoisotopic (exact) mass is 503 g/mol. The average molecular weight is 504 g/mol. The molecule has 1 unspecified atom stereocenters. The molecule has 1 aromatic carbocycles. The molecule has 0 saturated carbocycles. The number of carbonyl (C=O) groups is 2. The van der Waals surface area contributed by atoms with Crippen LogP contribution in [0.1, 0.15) is 80.6 Å². The Morgan fingerprint density at radius 2 is 2.05 bits per heavy atom. The lowest BCUT2D eigenvalue weighted by Gasteiger charge is -2.41. The second-order valence-corrected chi connectivity index (χ2v) is 11.9. The van der Waals surface area contributed by atoms with Crippen molar-refractivity contribution in [1.82, 2.24) is 20.1 Å². The standard InChI is InChI=1S/C30H41N5O2/c1-6-9-20(2)23-12-26-28(32-13-23)30(4,5)19-35(26)27(36)18-33-15-21(3)31-14-24(33)17-34-16-22-10-7-8-11-25(22)29(34)37/h7-8,10-13,20-21,24,31H,6,9,14-19H2,1-5H3/t20?,21-,24-/m1/s1. The van der Waals surface area contributed by atoms with Crippen LogP contribution in [-0.4, -0.2) is 71.4 Å². The van der Waals surface area contributed by atoms with Gasteiger partial charge in [0.1, 0.15) is 0 Å². The van der Waals surface area contributed by atoms with E-state index < -0.39 is 0 Å². The zero-order valence-corrected chi connectivity index (χ0v) is 23.0. The zero-order chi connectivity index (χ0) is 26.3. The summed E-state index contributed by atoms with van der Waals surface area (Å²) in [5.74, 6) is 0.628. The van der Waals surface area contributed by atoms with Crippen molar-refractivity contribution >= 4 is 17.5 Å². The molecule has 1 N–H and O–H groups in total. The molecule has 0 aliphatic carbocycles. The molecule has 7 nitrogen and oxygen atoms in total. The Morgan fingerprint density at radius 1 is 1.27 bits per heavy atom. The number of hydrogen-bond donors (Lipinski definition) is 1. The summed E-state index contributed by atoms with van der Waals surface area (Å²) in [6, 6.07) is 10.4. The van der Waals surface area contributed by atoms with Crippen LogP contribution >= 0.6 is 0 Å². The number of amides is 2. The SMILES string of the molecule is CCCC(C)c1cnc2c(c1)N(C(=O)CN1C[C@@H](C)NC[C@@H]1CN1Cc3ccccc3C1=O)CC2(C)C. The molecule has 0 bridgehead atoms. The molecule has 3 aliphatic rings. The van der Waals surface area contributed by atoms with Crippen LogP contribution in [0.4, 0.5) is 5.69 Å². The van der Waals surface area contributed by atoms with Crippen molar-refractivity contribution in [3.8, 4) is 0 Å². The van der Waals surface area contributed by atoms with Crippen molar-refractivity contribution in [1.29, 1.82) is 0 Å². The number of carbonyl (C=O) groups excluding carboxylic acids is 2. The van der Waals surface area contributed by atoms with Gasteiger partial charge in [0, 0.05) is 62.0 Å². The summed E-state index contributed by atoms with van der Waals surface area (Å²) in [5, 5.41) is 3.56. The van der Waals surface area contributed by atoms with Crippen molar-refractivity contribution in [3.63, 3.8) is 0 Å². The smallest absolute Gasteiger partial charge is 0.254 e. The molecule has 0 radical (unpaired) electrons. The minimum absolute atomic E-state index is 0.0857. The first kappa shape index (κ1) is 25.9. The first-order valence-electron chi connectivity index (χ1n) is 13.8. The zero-order valence-electron chi connectivity index (χ0n) is 23.0. The molecule has 4 heterocycles. The fourth-order valence-corrected chi connectivity index (χ4v) is 6.22. The minimum Gasteiger partial charge on any atom is -0.333 e. The number of nitrogens with one attached hydrogen (secondary N) is 1. The van der Waals surface area contributed by atoms with E-state index in [9.17, 15) is 9.59 Å². The van der Waals surface area contributed by atoms with Gasteiger partial charge in [0.25, 0.3) is 5.91 Å². The normalized spacial score (nSPS) is 23.8. The Kier molecular flexibility index (Phi) is 7.12. The van der Waals surface area contributed by atoms with E-state index in [1.54, 1.807) is 0 Å². The summed E-state index contributed by atoms with van der Waals surface area (Å²) in [6.07, 6.45) is 4.24. The Hall–Kier alpha value is -2.77. The highest BCUT2D eigenvalue weighted by molar-refractivity contribution is 5.98. The summed E-state index contributed by atoms with van der Waals surface area (Å²) in [4.78, 5) is 37.9. The average Bonchev–Trinajstić information content (AvgIpc) is 3.33. The molecule has 2 amide bonds. The molecule has 1 aromatic heterocycles. The fourth-order valence-electron chi connectivity index (χ4n) is 6.22. The maximum atomic E-state index is 13.9. The Labute approximate surface area is 221 Å². The molecular formula is C30H41N5O2. The molecule has 198 valence electrons. The summed E-state index contributed by atoms with van der Waals surface area (Å²) in [7, 11) is 0. The number of pyridine rings is 1. The second-order valence-electron chi connectivity index (χ2n) is 11.9. The van der Waals surface area contributed by atoms with Gasteiger partial charge < -0.3 is 15.1 Å². The van der Waals surface area contributed by atoms with Crippen molar-refractivity contribution < 1.29 is 9.59 Å². The maximum Gasteiger partial charge on any atom is 0.254 e. The lowest BCUT2D eigenvalue weighted by atomic mass is 9.90. The predicted molar refractivity (Wildman–Crippen MR) is 147 cm³/mol. The fraction of sp³-hybridized carbons (Fsp3) is 0.567. The molecule has 7 heteroatoms. The molecule has 3 aliphatic heterocycles. The van der Waals surface area contributed by atoms with Gasteiger partial charge in [0.2, 0.25) is 5.91 Å². The van der Waals surface area contributed by atoms with Crippen LogP contribution in [0.3, 0.4) is 0 Å². The van der Waals surface area contributed by atoms with Crippen LogP contribution < -0.4 is 10.2 Å². The molecule has 1 fully saturated rings. The molecular weight excluding hydrogens is 462 g/mol.